The molecular formula is C16H24O4. The zero-order valence-corrected chi connectivity index (χ0v) is 12.2. The number of carbonyl (C=O) groups is 2. The summed E-state index contributed by atoms with van der Waals surface area (Å²) < 4.78 is 10.9. The summed E-state index contributed by atoms with van der Waals surface area (Å²) in [6.07, 6.45) is 7.28. The fourth-order valence-electron chi connectivity index (χ4n) is 2.94. The first-order chi connectivity index (χ1) is 9.56. The first-order valence-electron chi connectivity index (χ1n) is 7.63. The molecule has 2 saturated carbocycles. The molecule has 2 aliphatic carbocycles. The summed E-state index contributed by atoms with van der Waals surface area (Å²) in [6.45, 7) is 5.23. The van der Waals surface area contributed by atoms with E-state index in [0.717, 1.165) is 51.4 Å². The van der Waals surface area contributed by atoms with Crippen LogP contribution in [0.5, 0.6) is 0 Å². The molecule has 0 atom stereocenters. The van der Waals surface area contributed by atoms with Gasteiger partial charge in [-0.1, -0.05) is 19.4 Å². The molecule has 0 heterocycles. The molecule has 0 aromatic rings. The molecule has 2 fully saturated rings. The minimum absolute atomic E-state index is 0.00267. The van der Waals surface area contributed by atoms with E-state index in [4.69, 9.17) is 9.47 Å². The van der Waals surface area contributed by atoms with Gasteiger partial charge in [-0.15, -0.1) is 0 Å². The van der Waals surface area contributed by atoms with Gasteiger partial charge in [-0.3, -0.25) is 4.79 Å². The Morgan fingerprint density at radius 2 is 1.40 bits per heavy atom. The molecule has 0 aliphatic heterocycles. The fourth-order valence-corrected chi connectivity index (χ4v) is 2.94. The van der Waals surface area contributed by atoms with E-state index in [1.165, 1.54) is 0 Å². The van der Waals surface area contributed by atoms with Crippen molar-refractivity contribution >= 4 is 11.9 Å². The highest BCUT2D eigenvalue weighted by atomic mass is 16.6. The molecule has 20 heavy (non-hydrogen) atoms. The molecule has 0 N–H and O–H groups in total. The number of hydrogen-bond donors (Lipinski definition) is 0. The molecule has 2 aliphatic rings. The van der Waals surface area contributed by atoms with Crippen LogP contribution < -0.4 is 0 Å². The first-order valence-corrected chi connectivity index (χ1v) is 7.63. The lowest BCUT2D eigenvalue weighted by Crippen LogP contribution is -2.31. The fraction of sp³-hybridized carbons (Fsp3) is 0.750. The van der Waals surface area contributed by atoms with Gasteiger partial charge in [0, 0.05) is 5.57 Å². The van der Waals surface area contributed by atoms with E-state index in [0.29, 0.717) is 5.57 Å². The molecule has 0 saturated heterocycles. The lowest BCUT2D eigenvalue weighted by molar-refractivity contribution is -0.159. The molecule has 4 nitrogen and oxygen atoms in total. The maximum absolute atomic E-state index is 11.9. The van der Waals surface area contributed by atoms with Gasteiger partial charge in [0.25, 0.3) is 0 Å². The van der Waals surface area contributed by atoms with E-state index in [2.05, 4.69) is 6.58 Å². The summed E-state index contributed by atoms with van der Waals surface area (Å²) in [7, 11) is 0. The quantitative estimate of drug-likeness (QED) is 0.586. The van der Waals surface area contributed by atoms with Crippen molar-refractivity contribution in [2.75, 3.05) is 0 Å². The highest BCUT2D eigenvalue weighted by Gasteiger charge is 2.30. The summed E-state index contributed by atoms with van der Waals surface area (Å²) >= 11 is 0. The van der Waals surface area contributed by atoms with Crippen molar-refractivity contribution in [2.24, 2.45) is 5.92 Å². The van der Waals surface area contributed by atoms with Crippen LogP contribution in [-0.4, -0.2) is 24.1 Å². The van der Waals surface area contributed by atoms with Crippen molar-refractivity contribution in [1.82, 2.24) is 0 Å². The second-order valence-corrected chi connectivity index (χ2v) is 6.00. The molecule has 0 aromatic heterocycles. The normalized spacial score (nSPS) is 27.1. The van der Waals surface area contributed by atoms with Gasteiger partial charge in [0.05, 0.1) is 5.92 Å². The van der Waals surface area contributed by atoms with Crippen LogP contribution in [0.25, 0.3) is 0 Å². The Hall–Kier alpha value is -1.32. The molecule has 112 valence electrons. The number of hydrogen-bond acceptors (Lipinski definition) is 4. The van der Waals surface area contributed by atoms with E-state index in [1.807, 2.05) is 0 Å². The summed E-state index contributed by atoms with van der Waals surface area (Å²) in [5.74, 6) is -0.227. The van der Waals surface area contributed by atoms with Crippen molar-refractivity contribution in [3.63, 3.8) is 0 Å². The Morgan fingerprint density at radius 3 is 1.90 bits per heavy atom. The third-order valence-electron chi connectivity index (χ3n) is 4.21. The van der Waals surface area contributed by atoms with Gasteiger partial charge in [-0.2, -0.15) is 0 Å². The minimum Gasteiger partial charge on any atom is -0.462 e. The van der Waals surface area contributed by atoms with Crippen LogP contribution in [0.15, 0.2) is 12.2 Å². The number of carbonyl (C=O) groups excluding carboxylic acids is 2. The molecule has 0 aromatic carbocycles. The summed E-state index contributed by atoms with van der Waals surface area (Å²) in [4.78, 5) is 23.4. The summed E-state index contributed by atoms with van der Waals surface area (Å²) in [5, 5.41) is 0. The number of ether oxygens (including phenoxy) is 2. The topological polar surface area (TPSA) is 52.6 Å². The van der Waals surface area contributed by atoms with Crippen molar-refractivity contribution in [3.8, 4) is 0 Å². The Bertz CT molecular complexity index is 374. The van der Waals surface area contributed by atoms with Crippen LogP contribution in [0.3, 0.4) is 0 Å². The van der Waals surface area contributed by atoms with Crippen LogP contribution in [0.2, 0.25) is 0 Å². The van der Waals surface area contributed by atoms with Gasteiger partial charge in [0.2, 0.25) is 0 Å². The summed E-state index contributed by atoms with van der Waals surface area (Å²) in [5.41, 5.74) is 0.430. The Balaban J connectivity index is 1.70. The van der Waals surface area contributed by atoms with Gasteiger partial charge in [-0.05, 0) is 45.4 Å². The van der Waals surface area contributed by atoms with Gasteiger partial charge in [-0.25, -0.2) is 4.79 Å². The minimum atomic E-state index is -0.323. The van der Waals surface area contributed by atoms with Gasteiger partial charge in [0.15, 0.2) is 0 Å². The Morgan fingerprint density at radius 1 is 0.900 bits per heavy atom. The van der Waals surface area contributed by atoms with Crippen LogP contribution >= 0.6 is 0 Å². The maximum Gasteiger partial charge on any atom is 0.333 e. The smallest absolute Gasteiger partial charge is 0.333 e. The average molecular weight is 280 g/mol. The zero-order valence-electron chi connectivity index (χ0n) is 12.2. The molecule has 0 radical (unpaired) electrons. The van der Waals surface area contributed by atoms with Crippen molar-refractivity contribution in [3.05, 3.63) is 12.2 Å². The van der Waals surface area contributed by atoms with E-state index >= 15 is 0 Å². The van der Waals surface area contributed by atoms with E-state index in [9.17, 15) is 9.59 Å². The Kier molecular flexibility index (Phi) is 5.21. The molecule has 0 spiro atoms. The predicted molar refractivity (Wildman–Crippen MR) is 75.0 cm³/mol. The summed E-state index contributed by atoms with van der Waals surface area (Å²) in [6, 6.07) is 0. The second kappa shape index (κ2) is 6.91. The van der Waals surface area contributed by atoms with Crippen molar-refractivity contribution in [2.45, 2.75) is 70.5 Å². The lowest BCUT2D eigenvalue weighted by atomic mass is 9.94. The first kappa shape index (κ1) is 15.1. The molecule has 0 bridgehead atoms. The van der Waals surface area contributed by atoms with Gasteiger partial charge in [0.1, 0.15) is 12.2 Å². The highest BCUT2D eigenvalue weighted by Crippen LogP contribution is 2.29. The van der Waals surface area contributed by atoms with Crippen LogP contribution in [0, 0.1) is 5.92 Å². The van der Waals surface area contributed by atoms with Gasteiger partial charge >= 0.3 is 11.9 Å². The Labute approximate surface area is 120 Å². The highest BCUT2D eigenvalue weighted by molar-refractivity contribution is 5.87. The number of esters is 2. The molecule has 0 unspecified atom stereocenters. The predicted octanol–water partition coefficient (Wildman–Crippen LogP) is 3.15. The molecule has 2 rings (SSSR count). The second-order valence-electron chi connectivity index (χ2n) is 6.00. The maximum atomic E-state index is 11.9. The van der Waals surface area contributed by atoms with Crippen LogP contribution in [-0.2, 0) is 19.1 Å². The lowest BCUT2D eigenvalue weighted by Gasteiger charge is -2.28. The largest absolute Gasteiger partial charge is 0.462 e. The third-order valence-corrected chi connectivity index (χ3v) is 4.21. The zero-order chi connectivity index (χ0) is 14.5. The third kappa shape index (κ3) is 4.09. The van der Waals surface area contributed by atoms with Crippen molar-refractivity contribution in [1.29, 1.82) is 0 Å². The van der Waals surface area contributed by atoms with E-state index in [1.54, 1.807) is 6.92 Å². The van der Waals surface area contributed by atoms with Crippen LogP contribution in [0.1, 0.15) is 58.3 Å². The van der Waals surface area contributed by atoms with E-state index < -0.39 is 0 Å². The molecule has 0 amide bonds. The molecular weight excluding hydrogens is 256 g/mol. The van der Waals surface area contributed by atoms with Gasteiger partial charge < -0.3 is 9.47 Å². The van der Waals surface area contributed by atoms with E-state index in [-0.39, 0.29) is 30.1 Å². The SMILES string of the molecule is C=C(C)C(=O)OC1CCC(OC(=O)C2CCCC2)CC1. The van der Waals surface area contributed by atoms with Crippen molar-refractivity contribution < 1.29 is 19.1 Å². The number of rotatable bonds is 4. The average Bonchev–Trinajstić information content (AvgIpc) is 2.95. The van der Waals surface area contributed by atoms with Crippen LogP contribution in [0.4, 0.5) is 0 Å². The standard InChI is InChI=1S/C16H24O4/c1-11(2)15(17)19-13-7-9-14(10-8-13)20-16(18)12-5-3-4-6-12/h12-14H,1,3-10H2,2H3. The monoisotopic (exact) mass is 280 g/mol. The molecule has 4 heteroatoms.